The van der Waals surface area contributed by atoms with Gasteiger partial charge in [-0.05, 0) is 39.9 Å². The molecule has 0 radical (unpaired) electrons. The molecule has 0 bridgehead atoms. The normalized spacial score (nSPS) is 25.5. The second kappa shape index (κ2) is 9.81. The predicted octanol–water partition coefficient (Wildman–Crippen LogP) is 2.47. The molecular weight excluding hydrogens is 408 g/mol. The molecule has 0 aromatic heterocycles. The van der Waals surface area contributed by atoms with Gasteiger partial charge in [0.1, 0.15) is 36.3 Å². The van der Waals surface area contributed by atoms with Crippen LogP contribution in [0.4, 0.5) is 0 Å². The first kappa shape index (κ1) is 22.5. The Kier molecular flexibility index (Phi) is 6.89. The van der Waals surface area contributed by atoms with Crippen molar-refractivity contribution in [3.63, 3.8) is 0 Å². The highest BCUT2D eigenvalue weighted by Crippen LogP contribution is 2.35. The lowest BCUT2D eigenvalue weighted by molar-refractivity contribution is -0.231. The Morgan fingerprint density at radius 3 is 2.16 bits per heavy atom. The van der Waals surface area contributed by atoms with Gasteiger partial charge in [0, 0.05) is 6.42 Å². The Morgan fingerprint density at radius 2 is 1.50 bits per heavy atom. The molecule has 32 heavy (non-hydrogen) atoms. The Balaban J connectivity index is 1.59. The molecule has 6 nitrogen and oxygen atoms in total. The van der Waals surface area contributed by atoms with Crippen LogP contribution in [0.2, 0.25) is 0 Å². The lowest BCUT2D eigenvalue weighted by Crippen LogP contribution is -2.55. The van der Waals surface area contributed by atoms with E-state index in [1.807, 2.05) is 24.3 Å². The first-order valence-electron chi connectivity index (χ1n) is 10.6. The highest BCUT2D eigenvalue weighted by molar-refractivity contribution is 5.63. The molecule has 0 spiro atoms. The Hall–Kier alpha value is -2.74. The third-order valence-electron chi connectivity index (χ3n) is 5.98. The number of rotatable bonds is 6. The van der Waals surface area contributed by atoms with Crippen LogP contribution in [0, 0.1) is 0 Å². The summed E-state index contributed by atoms with van der Waals surface area (Å²) in [7, 11) is 1.60. The van der Waals surface area contributed by atoms with Gasteiger partial charge in [0.15, 0.2) is 0 Å². The molecule has 0 amide bonds. The van der Waals surface area contributed by atoms with Crippen LogP contribution in [0.5, 0.6) is 5.75 Å². The minimum atomic E-state index is -1.41. The highest BCUT2D eigenvalue weighted by Gasteiger charge is 2.44. The van der Waals surface area contributed by atoms with Gasteiger partial charge in [-0.2, -0.15) is 0 Å². The number of aliphatic hydroxyl groups is 4. The van der Waals surface area contributed by atoms with Crippen molar-refractivity contribution in [3.05, 3.63) is 89.5 Å². The summed E-state index contributed by atoms with van der Waals surface area (Å²) < 4.78 is 11.2. The standard InChI is InChI=1S/C26H28O6/c1-31-21-12-11-19(26-25(30)24(29)23(28)22(15-27)32-26)14-20(21)13-16-7-9-18(10-8-16)17-5-3-2-4-6-17/h2-12,14,22-30H,13,15H2,1H3/t22-,23-,24+,25-,26+/m1/s1. The third kappa shape index (κ3) is 4.55. The van der Waals surface area contributed by atoms with Gasteiger partial charge >= 0.3 is 0 Å². The van der Waals surface area contributed by atoms with Crippen LogP contribution in [0.15, 0.2) is 72.8 Å². The molecule has 1 aliphatic heterocycles. The van der Waals surface area contributed by atoms with E-state index in [4.69, 9.17) is 9.47 Å². The molecule has 4 rings (SSSR count). The van der Waals surface area contributed by atoms with Gasteiger partial charge in [-0.25, -0.2) is 0 Å². The Morgan fingerprint density at radius 1 is 0.812 bits per heavy atom. The number of benzene rings is 3. The molecule has 1 heterocycles. The van der Waals surface area contributed by atoms with Crippen LogP contribution in [-0.4, -0.2) is 58.6 Å². The van der Waals surface area contributed by atoms with Crippen molar-refractivity contribution in [2.45, 2.75) is 36.9 Å². The molecule has 4 N–H and O–H groups in total. The molecule has 5 atom stereocenters. The Labute approximate surface area is 187 Å². The molecule has 1 saturated heterocycles. The fourth-order valence-electron chi connectivity index (χ4n) is 4.16. The molecule has 0 aliphatic carbocycles. The molecule has 3 aromatic rings. The largest absolute Gasteiger partial charge is 0.496 e. The van der Waals surface area contributed by atoms with E-state index >= 15 is 0 Å². The quantitative estimate of drug-likeness (QED) is 0.474. The molecule has 3 aromatic carbocycles. The van der Waals surface area contributed by atoms with Crippen LogP contribution in [-0.2, 0) is 11.2 Å². The lowest BCUT2D eigenvalue weighted by atomic mass is 9.90. The smallest absolute Gasteiger partial charge is 0.122 e. The van der Waals surface area contributed by atoms with Gasteiger partial charge in [-0.1, -0.05) is 60.7 Å². The number of hydrogen-bond acceptors (Lipinski definition) is 6. The fourth-order valence-corrected chi connectivity index (χ4v) is 4.16. The maximum absolute atomic E-state index is 10.5. The van der Waals surface area contributed by atoms with E-state index in [9.17, 15) is 20.4 Å². The maximum Gasteiger partial charge on any atom is 0.122 e. The number of aliphatic hydroxyl groups excluding tert-OH is 4. The van der Waals surface area contributed by atoms with Gasteiger partial charge in [0.2, 0.25) is 0 Å². The summed E-state index contributed by atoms with van der Waals surface area (Å²) in [5.74, 6) is 0.700. The molecule has 6 heteroatoms. The summed E-state index contributed by atoms with van der Waals surface area (Å²) in [5, 5.41) is 40.1. The van der Waals surface area contributed by atoms with Crippen molar-refractivity contribution >= 4 is 0 Å². The summed E-state index contributed by atoms with van der Waals surface area (Å²) in [5.41, 5.74) is 4.92. The third-order valence-corrected chi connectivity index (χ3v) is 5.98. The minimum absolute atomic E-state index is 0.460. The highest BCUT2D eigenvalue weighted by atomic mass is 16.5. The number of methoxy groups -OCH3 is 1. The molecule has 0 unspecified atom stereocenters. The monoisotopic (exact) mass is 436 g/mol. The second-order valence-electron chi connectivity index (χ2n) is 8.06. The van der Waals surface area contributed by atoms with Gasteiger partial charge in [-0.15, -0.1) is 0 Å². The molecule has 1 aliphatic rings. The van der Waals surface area contributed by atoms with E-state index in [1.165, 1.54) is 0 Å². The van der Waals surface area contributed by atoms with Crippen molar-refractivity contribution in [1.29, 1.82) is 0 Å². The van der Waals surface area contributed by atoms with Gasteiger partial charge in [0.25, 0.3) is 0 Å². The fraction of sp³-hybridized carbons (Fsp3) is 0.308. The van der Waals surface area contributed by atoms with E-state index in [2.05, 4.69) is 36.4 Å². The van der Waals surface area contributed by atoms with Crippen LogP contribution < -0.4 is 4.74 Å². The van der Waals surface area contributed by atoms with Crippen molar-refractivity contribution in [2.75, 3.05) is 13.7 Å². The van der Waals surface area contributed by atoms with E-state index < -0.39 is 37.1 Å². The van der Waals surface area contributed by atoms with E-state index in [0.29, 0.717) is 17.7 Å². The summed E-state index contributed by atoms with van der Waals surface area (Å²) in [4.78, 5) is 0. The zero-order chi connectivity index (χ0) is 22.7. The lowest BCUT2D eigenvalue weighted by Gasteiger charge is -2.40. The molecule has 168 valence electrons. The SMILES string of the molecule is COc1ccc([C@@H]2O[C@H](CO)[C@@H](O)[C@H](O)[C@H]2O)cc1Cc1ccc(-c2ccccc2)cc1. The van der Waals surface area contributed by atoms with Crippen molar-refractivity contribution < 1.29 is 29.9 Å². The minimum Gasteiger partial charge on any atom is -0.496 e. The first-order chi connectivity index (χ1) is 15.5. The second-order valence-corrected chi connectivity index (χ2v) is 8.06. The van der Waals surface area contributed by atoms with Crippen LogP contribution in [0.3, 0.4) is 0 Å². The summed E-state index contributed by atoms with van der Waals surface area (Å²) in [6.45, 7) is -0.460. The number of ether oxygens (including phenoxy) is 2. The summed E-state index contributed by atoms with van der Waals surface area (Å²) >= 11 is 0. The summed E-state index contributed by atoms with van der Waals surface area (Å²) in [6.07, 6.45) is -5.35. The van der Waals surface area contributed by atoms with Gasteiger partial charge < -0.3 is 29.9 Å². The van der Waals surface area contributed by atoms with Crippen molar-refractivity contribution in [2.24, 2.45) is 0 Å². The molecular formula is C26H28O6. The van der Waals surface area contributed by atoms with E-state index in [1.54, 1.807) is 19.2 Å². The van der Waals surface area contributed by atoms with Crippen LogP contribution >= 0.6 is 0 Å². The zero-order valence-electron chi connectivity index (χ0n) is 17.8. The Bertz CT molecular complexity index is 1020. The molecule has 0 saturated carbocycles. The average molecular weight is 437 g/mol. The van der Waals surface area contributed by atoms with Gasteiger partial charge in [-0.3, -0.25) is 0 Å². The topological polar surface area (TPSA) is 99.4 Å². The van der Waals surface area contributed by atoms with Crippen LogP contribution in [0.25, 0.3) is 11.1 Å². The van der Waals surface area contributed by atoms with Crippen molar-refractivity contribution in [3.8, 4) is 16.9 Å². The van der Waals surface area contributed by atoms with E-state index in [-0.39, 0.29) is 0 Å². The van der Waals surface area contributed by atoms with Crippen LogP contribution in [0.1, 0.15) is 22.8 Å². The first-order valence-corrected chi connectivity index (χ1v) is 10.6. The zero-order valence-corrected chi connectivity index (χ0v) is 17.8. The van der Waals surface area contributed by atoms with Crippen molar-refractivity contribution in [1.82, 2.24) is 0 Å². The average Bonchev–Trinajstić information content (AvgIpc) is 2.84. The van der Waals surface area contributed by atoms with E-state index in [0.717, 1.165) is 22.3 Å². The number of hydrogen-bond donors (Lipinski definition) is 4. The summed E-state index contributed by atoms with van der Waals surface area (Å²) in [6, 6.07) is 23.9. The maximum atomic E-state index is 10.5. The van der Waals surface area contributed by atoms with Gasteiger partial charge in [0.05, 0.1) is 13.7 Å². The molecule has 1 fully saturated rings. The predicted molar refractivity (Wildman–Crippen MR) is 120 cm³/mol.